The van der Waals surface area contributed by atoms with Crippen molar-refractivity contribution in [2.75, 3.05) is 0 Å². The minimum Gasteiger partial charge on any atom is -0.397 e. The van der Waals surface area contributed by atoms with Crippen LogP contribution >= 0.6 is 22.6 Å². The summed E-state index contributed by atoms with van der Waals surface area (Å²) in [5.41, 5.74) is 11.5. The molecule has 3 N–H and O–H groups in total. The van der Waals surface area contributed by atoms with Crippen LogP contribution in [0, 0.1) is 19.3 Å². The highest BCUT2D eigenvalue weighted by atomic mass is 127. The van der Waals surface area contributed by atoms with Gasteiger partial charge in [0, 0.05) is 5.56 Å². The van der Waals surface area contributed by atoms with Gasteiger partial charge in [0.2, 0.25) is 0 Å². The number of nitrogens with one attached hydrogen (secondary N) is 1. The van der Waals surface area contributed by atoms with Crippen molar-refractivity contribution in [1.82, 2.24) is 0 Å². The number of aryl methyl sites for hydroxylation is 2. The maximum atomic E-state index is 8.28. The Bertz CT molecular complexity index is 652. The summed E-state index contributed by atoms with van der Waals surface area (Å²) in [7, 11) is 0. The predicted molar refractivity (Wildman–Crippen MR) is 94.3 cm³/mol. The summed E-state index contributed by atoms with van der Waals surface area (Å²) in [5.74, 6) is 0. The van der Waals surface area contributed by atoms with Crippen molar-refractivity contribution < 1.29 is 0 Å². The molecule has 0 aliphatic rings. The molecule has 0 bridgehead atoms. The molecule has 0 saturated carbocycles. The number of nitrogens with two attached hydrogens (primary N) is 1. The van der Waals surface area contributed by atoms with Crippen molar-refractivity contribution in [2.24, 2.45) is 5.73 Å². The largest absolute Gasteiger partial charge is 0.397 e. The number of hydrogen-bond donors (Lipinski definition) is 2. The number of hydrogen-bond acceptors (Lipinski definition) is 2. The maximum absolute atomic E-state index is 8.28. The minimum absolute atomic E-state index is 0.462. The highest BCUT2D eigenvalue weighted by molar-refractivity contribution is 14.1. The first-order valence-corrected chi connectivity index (χ1v) is 7.45. The third-order valence-electron chi connectivity index (χ3n) is 3.16. The van der Waals surface area contributed by atoms with Crippen molar-refractivity contribution in [1.29, 1.82) is 5.41 Å². The zero-order valence-corrected chi connectivity index (χ0v) is 13.7. The average molecular weight is 376 g/mol. The van der Waals surface area contributed by atoms with Gasteiger partial charge in [-0.15, -0.1) is 0 Å². The third kappa shape index (κ3) is 3.28. The first-order valence-electron chi connectivity index (χ1n) is 6.37. The molecule has 3 heteroatoms. The van der Waals surface area contributed by atoms with E-state index < -0.39 is 0 Å². The van der Waals surface area contributed by atoms with Gasteiger partial charge < -0.3 is 5.73 Å². The van der Waals surface area contributed by atoms with Gasteiger partial charge in [-0.2, -0.15) is 0 Å². The summed E-state index contributed by atoms with van der Waals surface area (Å²) in [4.78, 5) is 0. The molecule has 0 aromatic heterocycles. The average Bonchev–Trinajstić information content (AvgIpc) is 2.46. The molecule has 2 aromatic rings. The molecule has 0 fully saturated rings. The van der Waals surface area contributed by atoms with Gasteiger partial charge in [-0.1, -0.05) is 59.7 Å². The number of allylic oxidation sites excluding steroid dienone is 1. The molecule has 0 unspecified atom stereocenters. The topological polar surface area (TPSA) is 49.9 Å². The predicted octanol–water partition coefficient (Wildman–Crippen LogP) is 4.43. The lowest BCUT2D eigenvalue weighted by Crippen LogP contribution is -2.07. The van der Waals surface area contributed by atoms with Gasteiger partial charge >= 0.3 is 0 Å². The van der Waals surface area contributed by atoms with Crippen LogP contribution in [0.15, 0.2) is 52.1 Å². The molecule has 20 heavy (non-hydrogen) atoms. The Morgan fingerprint density at radius 1 is 0.850 bits per heavy atom. The van der Waals surface area contributed by atoms with Crippen molar-refractivity contribution in [2.45, 2.75) is 13.8 Å². The Hall–Kier alpha value is -1.62. The van der Waals surface area contributed by atoms with E-state index in [4.69, 9.17) is 11.1 Å². The molecule has 0 saturated heterocycles. The molecule has 0 radical (unpaired) electrons. The van der Waals surface area contributed by atoms with E-state index in [0.29, 0.717) is 11.4 Å². The molecule has 2 rings (SSSR count). The van der Waals surface area contributed by atoms with E-state index in [9.17, 15) is 0 Å². The fourth-order valence-corrected chi connectivity index (χ4v) is 2.46. The lowest BCUT2D eigenvalue weighted by atomic mass is 10.0. The molecular formula is C17H17IN2. The summed E-state index contributed by atoms with van der Waals surface area (Å²) in [5, 5.41) is 8.28. The quantitative estimate of drug-likeness (QED) is 0.604. The summed E-state index contributed by atoms with van der Waals surface area (Å²) in [6, 6.07) is 16.0. The van der Waals surface area contributed by atoms with Crippen LogP contribution in [0.3, 0.4) is 0 Å². The zero-order valence-electron chi connectivity index (χ0n) is 11.6. The molecule has 0 aliphatic heterocycles. The number of benzene rings is 2. The van der Waals surface area contributed by atoms with Crippen molar-refractivity contribution in [3.63, 3.8) is 0 Å². The fraction of sp³-hybridized carbons (Fsp3) is 0.118. The summed E-state index contributed by atoms with van der Waals surface area (Å²) in [6.07, 6.45) is 0. The van der Waals surface area contributed by atoms with Gasteiger partial charge in [0.25, 0.3) is 0 Å². The SMILES string of the molecule is Cc1ccc(C(=N)/C(I)=C(\N)c2ccc(C)cc2)cc1. The molecule has 0 heterocycles. The molecule has 2 nitrogen and oxygen atoms in total. The molecule has 0 amide bonds. The van der Waals surface area contributed by atoms with Gasteiger partial charge in [-0.05, 0) is 42.0 Å². The van der Waals surface area contributed by atoms with Crippen LogP contribution in [0.25, 0.3) is 5.70 Å². The van der Waals surface area contributed by atoms with Crippen LogP contribution < -0.4 is 5.73 Å². The van der Waals surface area contributed by atoms with Gasteiger partial charge in [0.05, 0.1) is 15.0 Å². The highest BCUT2D eigenvalue weighted by Gasteiger charge is 2.10. The lowest BCUT2D eigenvalue weighted by Gasteiger charge is -2.09. The molecule has 0 spiro atoms. The monoisotopic (exact) mass is 376 g/mol. The van der Waals surface area contributed by atoms with Crippen molar-refractivity contribution >= 4 is 34.0 Å². The Morgan fingerprint density at radius 2 is 1.25 bits per heavy atom. The van der Waals surface area contributed by atoms with Crippen LogP contribution in [0.5, 0.6) is 0 Å². The zero-order chi connectivity index (χ0) is 14.7. The smallest absolute Gasteiger partial charge is 0.0766 e. The van der Waals surface area contributed by atoms with Crippen molar-refractivity contribution in [3.05, 3.63) is 74.4 Å². The van der Waals surface area contributed by atoms with Gasteiger partial charge in [-0.25, -0.2) is 0 Å². The lowest BCUT2D eigenvalue weighted by molar-refractivity contribution is 1.42. The third-order valence-corrected chi connectivity index (χ3v) is 4.28. The second-order valence-electron chi connectivity index (χ2n) is 4.83. The van der Waals surface area contributed by atoms with Gasteiger partial charge in [-0.3, -0.25) is 5.41 Å². The van der Waals surface area contributed by atoms with E-state index in [1.807, 2.05) is 62.4 Å². The maximum Gasteiger partial charge on any atom is 0.0766 e. The standard InChI is InChI=1S/C17H17IN2/c1-11-3-7-13(8-4-11)16(19)15(18)17(20)14-9-5-12(2)6-10-14/h3-10,19H,20H2,1-2H3/b17-15+,19-16?. The number of halogens is 1. The molecule has 2 aromatic carbocycles. The van der Waals surface area contributed by atoms with E-state index in [1.165, 1.54) is 11.1 Å². The van der Waals surface area contributed by atoms with Crippen LogP contribution in [-0.4, -0.2) is 5.71 Å². The van der Waals surface area contributed by atoms with E-state index >= 15 is 0 Å². The summed E-state index contributed by atoms with van der Waals surface area (Å²) < 4.78 is 0.773. The van der Waals surface area contributed by atoms with E-state index in [0.717, 1.165) is 14.7 Å². The van der Waals surface area contributed by atoms with E-state index in [1.54, 1.807) is 0 Å². The Kier molecular flexibility index (Phi) is 4.60. The first-order chi connectivity index (χ1) is 9.49. The molecule has 0 atom stereocenters. The molecular weight excluding hydrogens is 359 g/mol. The Morgan fingerprint density at radius 3 is 1.70 bits per heavy atom. The van der Waals surface area contributed by atoms with Gasteiger partial charge in [0.1, 0.15) is 0 Å². The summed E-state index contributed by atoms with van der Waals surface area (Å²) in [6.45, 7) is 4.08. The number of rotatable bonds is 3. The van der Waals surface area contributed by atoms with Crippen LogP contribution in [0.1, 0.15) is 22.3 Å². The second-order valence-corrected chi connectivity index (χ2v) is 5.91. The minimum atomic E-state index is 0.462. The van der Waals surface area contributed by atoms with Crippen LogP contribution in [0.2, 0.25) is 0 Å². The second kappa shape index (κ2) is 6.22. The Balaban J connectivity index is 2.35. The normalized spacial score (nSPS) is 11.9. The first kappa shape index (κ1) is 14.8. The highest BCUT2D eigenvalue weighted by Crippen LogP contribution is 2.23. The fourth-order valence-electron chi connectivity index (χ4n) is 1.84. The van der Waals surface area contributed by atoms with E-state index in [-0.39, 0.29) is 0 Å². The van der Waals surface area contributed by atoms with Gasteiger partial charge in [0.15, 0.2) is 0 Å². The van der Waals surface area contributed by atoms with E-state index in [2.05, 4.69) is 22.6 Å². The van der Waals surface area contributed by atoms with Crippen molar-refractivity contribution in [3.8, 4) is 0 Å². The summed E-state index contributed by atoms with van der Waals surface area (Å²) >= 11 is 2.15. The molecule has 0 aliphatic carbocycles. The van der Waals surface area contributed by atoms with Crippen LogP contribution in [-0.2, 0) is 0 Å². The molecule has 102 valence electrons. The Labute approximate surface area is 133 Å². The van der Waals surface area contributed by atoms with Crippen LogP contribution in [0.4, 0.5) is 0 Å².